The molecule has 0 radical (unpaired) electrons. The third kappa shape index (κ3) is 18.6. The van der Waals surface area contributed by atoms with E-state index >= 15 is 0 Å². The van der Waals surface area contributed by atoms with Crippen LogP contribution in [0.4, 0.5) is 0 Å². The molecule has 6 unspecified atom stereocenters. The van der Waals surface area contributed by atoms with E-state index < -0.39 is 49.4 Å². The van der Waals surface area contributed by atoms with E-state index in [0.29, 0.717) is 6.61 Å². The number of aliphatic hydroxyl groups excluding tert-OH is 4. The van der Waals surface area contributed by atoms with E-state index in [1.807, 2.05) is 0 Å². The number of hydrogen-bond acceptors (Lipinski definition) is 9. The van der Waals surface area contributed by atoms with Crippen molar-refractivity contribution < 1.29 is 44.2 Å². The van der Waals surface area contributed by atoms with E-state index in [0.717, 1.165) is 12.8 Å². The van der Waals surface area contributed by atoms with Gasteiger partial charge in [0.25, 0.3) is 0 Å². The number of rotatable bonds is 27. The van der Waals surface area contributed by atoms with Gasteiger partial charge in [-0.15, -0.1) is 0 Å². The highest BCUT2D eigenvalue weighted by atomic mass is 16.7. The summed E-state index contributed by atoms with van der Waals surface area (Å²) in [7, 11) is 0. The van der Waals surface area contributed by atoms with Crippen LogP contribution in [0.15, 0.2) is 12.2 Å². The lowest BCUT2D eigenvalue weighted by Gasteiger charge is -2.39. The molecule has 0 saturated carbocycles. The molecule has 1 heterocycles. The largest absolute Gasteiger partial charge is 0.457 e. The van der Waals surface area contributed by atoms with Gasteiger partial charge in [0.15, 0.2) is 6.29 Å². The lowest BCUT2D eigenvalue weighted by atomic mass is 9.99. The molecule has 0 amide bonds. The van der Waals surface area contributed by atoms with Gasteiger partial charge in [-0.3, -0.25) is 4.79 Å². The molecule has 0 aromatic rings. The van der Waals surface area contributed by atoms with Gasteiger partial charge in [-0.05, 0) is 32.1 Å². The maximum absolute atomic E-state index is 11.8. The van der Waals surface area contributed by atoms with Gasteiger partial charge in [-0.2, -0.15) is 0 Å². The highest BCUT2D eigenvalue weighted by molar-refractivity contribution is 5.69. The smallest absolute Gasteiger partial charge is 0.305 e. The molecular formula is C33H62O9. The monoisotopic (exact) mass is 602 g/mol. The second-order valence-electron chi connectivity index (χ2n) is 11.6. The summed E-state index contributed by atoms with van der Waals surface area (Å²) in [6, 6.07) is 0. The Hall–Kier alpha value is -1.07. The van der Waals surface area contributed by atoms with Crippen LogP contribution in [0.2, 0.25) is 0 Å². The minimum Gasteiger partial charge on any atom is -0.457 e. The average molecular weight is 603 g/mol. The van der Waals surface area contributed by atoms with E-state index in [1.54, 1.807) is 6.92 Å². The van der Waals surface area contributed by atoms with Crippen molar-refractivity contribution in [2.45, 2.75) is 166 Å². The molecule has 0 aromatic carbocycles. The van der Waals surface area contributed by atoms with Gasteiger partial charge in [0.05, 0.1) is 19.8 Å². The number of carbonyl (C=O) groups excluding carboxylic acids is 1. The number of unbranched alkanes of at least 4 members (excludes halogenated alkanes) is 15. The lowest BCUT2D eigenvalue weighted by molar-refractivity contribution is -0.305. The van der Waals surface area contributed by atoms with E-state index in [9.17, 15) is 25.2 Å². The molecule has 248 valence electrons. The zero-order valence-electron chi connectivity index (χ0n) is 26.5. The molecule has 1 aliphatic heterocycles. The van der Waals surface area contributed by atoms with Crippen molar-refractivity contribution in [1.82, 2.24) is 0 Å². The van der Waals surface area contributed by atoms with Gasteiger partial charge >= 0.3 is 5.97 Å². The predicted octanol–water partition coefficient (Wildman–Crippen LogP) is 5.35. The van der Waals surface area contributed by atoms with Gasteiger partial charge in [-0.1, -0.05) is 103 Å². The summed E-state index contributed by atoms with van der Waals surface area (Å²) in [4.78, 5) is 11.8. The van der Waals surface area contributed by atoms with Crippen LogP contribution >= 0.6 is 0 Å². The Morgan fingerprint density at radius 2 is 1.29 bits per heavy atom. The molecule has 0 aliphatic carbocycles. The summed E-state index contributed by atoms with van der Waals surface area (Å²) >= 11 is 0. The highest BCUT2D eigenvalue weighted by Gasteiger charge is 2.44. The van der Waals surface area contributed by atoms with Crippen LogP contribution in [0.3, 0.4) is 0 Å². The highest BCUT2D eigenvalue weighted by Crippen LogP contribution is 2.22. The molecule has 6 atom stereocenters. The van der Waals surface area contributed by atoms with Crippen molar-refractivity contribution in [2.75, 3.05) is 26.4 Å². The first-order chi connectivity index (χ1) is 20.4. The molecule has 1 fully saturated rings. The van der Waals surface area contributed by atoms with Crippen molar-refractivity contribution in [3.05, 3.63) is 12.2 Å². The van der Waals surface area contributed by atoms with E-state index in [1.165, 1.54) is 96.3 Å². The molecule has 1 rings (SSSR count). The molecule has 9 heteroatoms. The third-order valence-electron chi connectivity index (χ3n) is 7.74. The molecule has 1 aliphatic rings. The van der Waals surface area contributed by atoms with Crippen LogP contribution in [0.25, 0.3) is 0 Å². The van der Waals surface area contributed by atoms with Crippen molar-refractivity contribution in [1.29, 1.82) is 0 Å². The minimum atomic E-state index is -1.53. The molecule has 9 nitrogen and oxygen atoms in total. The van der Waals surface area contributed by atoms with Crippen LogP contribution in [-0.2, 0) is 23.7 Å². The summed E-state index contributed by atoms with van der Waals surface area (Å²) < 4.78 is 22.0. The topological polar surface area (TPSA) is 135 Å². The molecule has 4 N–H and O–H groups in total. The molecule has 1 saturated heterocycles. The SMILES string of the molecule is CCCCCCCCC/C=C\CCCCCCCCCCOCC(COC1OC(CO)C(O)C(O)C1O)OC(=O)CC. The van der Waals surface area contributed by atoms with Gasteiger partial charge in [0.1, 0.15) is 30.5 Å². The minimum absolute atomic E-state index is 0.122. The summed E-state index contributed by atoms with van der Waals surface area (Å²) in [5.41, 5.74) is 0. The van der Waals surface area contributed by atoms with Gasteiger partial charge in [-0.25, -0.2) is 0 Å². The van der Waals surface area contributed by atoms with E-state index in [-0.39, 0.29) is 19.6 Å². The zero-order chi connectivity index (χ0) is 30.8. The van der Waals surface area contributed by atoms with Crippen LogP contribution in [0, 0.1) is 0 Å². The Morgan fingerprint density at radius 3 is 1.83 bits per heavy atom. The van der Waals surface area contributed by atoms with Crippen molar-refractivity contribution in [3.8, 4) is 0 Å². The molecule has 42 heavy (non-hydrogen) atoms. The first-order valence-corrected chi connectivity index (χ1v) is 16.8. The Balaban J connectivity index is 2.05. The standard InChI is InChI=1S/C33H62O9/c1-3-5-6-7-8-9-10-11-12-13-14-15-16-17-18-19-20-21-22-23-39-25-27(41-29(35)4-2)26-40-33-32(38)31(37)30(36)28(24-34)42-33/h12-13,27-28,30-34,36-38H,3-11,14-26H2,1-2H3/b13-12-. The maximum atomic E-state index is 11.8. The summed E-state index contributed by atoms with van der Waals surface area (Å²) in [5, 5.41) is 39.3. The molecule has 0 aromatic heterocycles. The summed E-state index contributed by atoms with van der Waals surface area (Å²) in [6.07, 6.45) is 19.0. The van der Waals surface area contributed by atoms with Crippen LogP contribution in [0.1, 0.15) is 129 Å². The summed E-state index contributed by atoms with van der Waals surface area (Å²) in [5.74, 6) is -0.402. The lowest BCUT2D eigenvalue weighted by Crippen LogP contribution is -2.59. The quantitative estimate of drug-likeness (QED) is 0.0557. The Morgan fingerprint density at radius 1 is 0.738 bits per heavy atom. The number of esters is 1. The van der Waals surface area contributed by atoms with Crippen molar-refractivity contribution in [2.24, 2.45) is 0 Å². The molecular weight excluding hydrogens is 540 g/mol. The number of hydrogen-bond donors (Lipinski definition) is 4. The first-order valence-electron chi connectivity index (χ1n) is 16.8. The number of allylic oxidation sites excluding steroid dienone is 2. The van der Waals surface area contributed by atoms with Gasteiger partial charge in [0.2, 0.25) is 0 Å². The maximum Gasteiger partial charge on any atom is 0.305 e. The van der Waals surface area contributed by atoms with E-state index in [2.05, 4.69) is 19.1 Å². The third-order valence-corrected chi connectivity index (χ3v) is 7.74. The second-order valence-corrected chi connectivity index (χ2v) is 11.6. The fourth-order valence-electron chi connectivity index (χ4n) is 4.99. The molecule has 0 bridgehead atoms. The fourth-order valence-corrected chi connectivity index (χ4v) is 4.99. The predicted molar refractivity (Wildman–Crippen MR) is 164 cm³/mol. The summed E-state index contributed by atoms with van der Waals surface area (Å²) in [6.45, 7) is 3.97. The number of aliphatic hydroxyl groups is 4. The number of carbonyl (C=O) groups is 1. The Bertz CT molecular complexity index is 657. The van der Waals surface area contributed by atoms with Crippen LogP contribution in [0.5, 0.6) is 0 Å². The Kier molecular flexibility index (Phi) is 24.4. The van der Waals surface area contributed by atoms with Gasteiger partial charge in [0, 0.05) is 13.0 Å². The average Bonchev–Trinajstić information content (AvgIpc) is 2.99. The fraction of sp³-hybridized carbons (Fsp3) is 0.909. The van der Waals surface area contributed by atoms with Crippen LogP contribution in [-0.4, -0.2) is 89.6 Å². The zero-order valence-corrected chi connectivity index (χ0v) is 26.5. The normalized spacial score (nSPS) is 23.4. The van der Waals surface area contributed by atoms with Crippen molar-refractivity contribution >= 4 is 5.97 Å². The van der Waals surface area contributed by atoms with Crippen LogP contribution < -0.4 is 0 Å². The number of ether oxygens (including phenoxy) is 4. The Labute approximate surface area is 255 Å². The molecule has 0 spiro atoms. The second kappa shape index (κ2) is 26.3. The first kappa shape index (κ1) is 39.0. The van der Waals surface area contributed by atoms with Gasteiger partial charge < -0.3 is 39.4 Å². The van der Waals surface area contributed by atoms with E-state index in [4.69, 9.17) is 18.9 Å². The van der Waals surface area contributed by atoms with Crippen molar-refractivity contribution in [3.63, 3.8) is 0 Å².